The minimum atomic E-state index is 0.659. The van der Waals surface area contributed by atoms with E-state index in [9.17, 15) is 5.21 Å². The highest BCUT2D eigenvalue weighted by Gasteiger charge is 2.23. The summed E-state index contributed by atoms with van der Waals surface area (Å²) in [4.78, 5) is 3.78. The number of rotatable bonds is 2. The molecule has 0 amide bonds. The van der Waals surface area contributed by atoms with Gasteiger partial charge in [0.05, 0.1) is 0 Å². The third kappa shape index (κ3) is 31.3. The summed E-state index contributed by atoms with van der Waals surface area (Å²) in [5, 5.41) is 10.2. The van der Waals surface area contributed by atoms with Crippen molar-refractivity contribution in [1.82, 2.24) is 4.98 Å². The lowest BCUT2D eigenvalue weighted by Crippen LogP contribution is -2.22. The number of hydrogen-bond acceptors (Lipinski definition) is 2. The Bertz CT molecular complexity index is 745. The average Bonchev–Trinajstić information content (AvgIpc) is 3.68. The molecule has 0 spiro atoms. The molecule has 0 radical (unpaired) electrons. The molecule has 202 valence electrons. The van der Waals surface area contributed by atoms with Crippen LogP contribution in [-0.2, 0) is 0 Å². The van der Waals surface area contributed by atoms with Crippen LogP contribution in [0.25, 0.3) is 0 Å². The van der Waals surface area contributed by atoms with Crippen LogP contribution in [0.4, 0.5) is 0 Å². The van der Waals surface area contributed by atoms with Crippen molar-refractivity contribution >= 4 is 0 Å². The summed E-state index contributed by atoms with van der Waals surface area (Å²) < 4.78 is 0.750. The maximum Gasteiger partial charge on any atom is 0.180 e. The first-order valence-corrected chi connectivity index (χ1v) is 13.5. The largest absolute Gasteiger partial charge is 0.619 e. The monoisotopic (exact) mass is 494 g/mol. The molecule has 1 aromatic carbocycles. The highest BCUT2D eigenvalue weighted by molar-refractivity contribution is 5.17. The van der Waals surface area contributed by atoms with Gasteiger partial charge in [-0.2, -0.15) is 4.73 Å². The number of benzene rings is 1. The van der Waals surface area contributed by atoms with Gasteiger partial charge in [-0.05, 0) is 60.1 Å². The van der Waals surface area contributed by atoms with Gasteiger partial charge in [-0.1, -0.05) is 112 Å². The van der Waals surface area contributed by atoms with E-state index in [1.165, 1.54) is 30.8 Å². The van der Waals surface area contributed by atoms with Gasteiger partial charge in [0.2, 0.25) is 0 Å². The van der Waals surface area contributed by atoms with Gasteiger partial charge < -0.3 is 5.21 Å². The van der Waals surface area contributed by atoms with Crippen molar-refractivity contribution in [3.8, 4) is 0 Å². The maximum atomic E-state index is 10.2. The number of pyridine rings is 2. The summed E-state index contributed by atoms with van der Waals surface area (Å²) in [5.41, 5.74) is 1.41. The van der Waals surface area contributed by atoms with E-state index in [4.69, 9.17) is 0 Å². The van der Waals surface area contributed by atoms with Crippen LogP contribution in [0.5, 0.6) is 0 Å². The summed E-state index contributed by atoms with van der Waals surface area (Å²) >= 11 is 0. The number of nitrogens with zero attached hydrogens (tertiary/aromatic N) is 2. The zero-order valence-corrected chi connectivity index (χ0v) is 24.8. The minimum absolute atomic E-state index is 0.659. The van der Waals surface area contributed by atoms with Crippen molar-refractivity contribution in [3.05, 3.63) is 102 Å². The zero-order valence-electron chi connectivity index (χ0n) is 24.8. The van der Waals surface area contributed by atoms with Gasteiger partial charge in [-0.25, -0.2) is 0 Å². The lowest BCUT2D eigenvalue weighted by molar-refractivity contribution is -0.605. The molecular formula is C33H54N2O. The summed E-state index contributed by atoms with van der Waals surface area (Å²) in [5.74, 6) is 4.39. The third-order valence-electron chi connectivity index (χ3n) is 4.29. The van der Waals surface area contributed by atoms with Gasteiger partial charge in [0.1, 0.15) is 0 Å². The van der Waals surface area contributed by atoms with Gasteiger partial charge in [0.25, 0.3) is 0 Å². The van der Waals surface area contributed by atoms with Gasteiger partial charge >= 0.3 is 0 Å². The van der Waals surface area contributed by atoms with E-state index in [1.807, 2.05) is 24.3 Å². The van der Waals surface area contributed by atoms with Gasteiger partial charge in [-0.15, -0.1) is 0 Å². The summed E-state index contributed by atoms with van der Waals surface area (Å²) in [6, 6.07) is 21.4. The van der Waals surface area contributed by atoms with Crippen molar-refractivity contribution < 1.29 is 4.73 Å². The predicted molar refractivity (Wildman–Crippen MR) is 159 cm³/mol. The van der Waals surface area contributed by atoms with Crippen LogP contribution in [-0.4, -0.2) is 4.98 Å². The van der Waals surface area contributed by atoms with Crippen LogP contribution in [0.1, 0.15) is 93.6 Å². The fraction of sp³-hybridized carbons (Fsp3) is 0.515. The molecule has 2 heterocycles. The Balaban J connectivity index is 0. The second-order valence-corrected chi connectivity index (χ2v) is 10.9. The van der Waals surface area contributed by atoms with E-state index in [0.717, 1.165) is 28.4 Å². The molecule has 3 heteroatoms. The SMILES string of the molecule is CC(C)C.CC(C)C.CC(C)C1CC1.CC(C)c1ccccc1.[O-][n+]1ccccc1.c1ccncc1. The standard InChI is InChI=1S/C9H12.C6H12.C5H5NO.C5H5N.2C4H10/c1-8(2)9-6-4-3-5-7-9;1-5(2)6-3-4-6;7-6-4-2-1-3-5-6;1-2-4-6-5-3-1;2*1-4(2)3/h3-8H,1-2H3;5-6H,3-4H2,1-2H3;1-5H;1-5H;2*4H,1-3H3. The van der Waals surface area contributed by atoms with E-state index in [-0.39, 0.29) is 0 Å². The van der Waals surface area contributed by atoms with Crippen molar-refractivity contribution in [2.45, 2.75) is 88.0 Å². The molecule has 3 aromatic rings. The first-order valence-electron chi connectivity index (χ1n) is 13.5. The van der Waals surface area contributed by atoms with E-state index in [2.05, 4.69) is 98.5 Å². The molecule has 1 aliphatic carbocycles. The Kier molecular flexibility index (Phi) is 23.7. The quantitative estimate of drug-likeness (QED) is 0.263. The Morgan fingerprint density at radius 2 is 1.03 bits per heavy atom. The predicted octanol–water partition coefficient (Wildman–Crippen LogP) is 9.59. The minimum Gasteiger partial charge on any atom is -0.619 e. The number of aromatic nitrogens is 2. The Labute approximate surface area is 223 Å². The van der Waals surface area contributed by atoms with Crippen LogP contribution in [0.2, 0.25) is 0 Å². The molecule has 0 unspecified atom stereocenters. The van der Waals surface area contributed by atoms with Crippen molar-refractivity contribution in [2.24, 2.45) is 23.7 Å². The first kappa shape index (κ1) is 35.5. The second kappa shape index (κ2) is 24.0. The van der Waals surface area contributed by atoms with Gasteiger partial charge in [0.15, 0.2) is 12.4 Å². The van der Waals surface area contributed by atoms with Crippen LogP contribution < -0.4 is 4.73 Å². The zero-order chi connectivity index (χ0) is 27.8. The van der Waals surface area contributed by atoms with E-state index >= 15 is 0 Å². The van der Waals surface area contributed by atoms with E-state index in [1.54, 1.807) is 30.6 Å². The molecule has 3 nitrogen and oxygen atoms in total. The molecule has 0 atom stereocenters. The summed E-state index contributed by atoms with van der Waals surface area (Å²) in [6.07, 6.45) is 9.38. The Hall–Kier alpha value is -2.68. The highest BCUT2D eigenvalue weighted by Crippen LogP contribution is 2.35. The lowest BCUT2D eigenvalue weighted by atomic mass is 10.0. The van der Waals surface area contributed by atoms with E-state index in [0.29, 0.717) is 5.92 Å². The topological polar surface area (TPSA) is 39.8 Å². The molecule has 1 fully saturated rings. The molecular weight excluding hydrogens is 440 g/mol. The summed E-state index contributed by atoms with van der Waals surface area (Å²) in [7, 11) is 0. The van der Waals surface area contributed by atoms with Crippen LogP contribution in [0, 0.1) is 28.9 Å². The second-order valence-electron chi connectivity index (χ2n) is 10.9. The molecule has 0 aliphatic heterocycles. The Morgan fingerprint density at radius 1 is 0.639 bits per heavy atom. The van der Waals surface area contributed by atoms with Crippen molar-refractivity contribution in [2.75, 3.05) is 0 Å². The Morgan fingerprint density at radius 3 is 1.19 bits per heavy atom. The first-order chi connectivity index (χ1) is 17.0. The van der Waals surface area contributed by atoms with Gasteiger partial charge in [-0.3, -0.25) is 4.98 Å². The van der Waals surface area contributed by atoms with Crippen molar-refractivity contribution in [1.29, 1.82) is 0 Å². The maximum absolute atomic E-state index is 10.2. The van der Waals surface area contributed by atoms with Crippen LogP contribution in [0.3, 0.4) is 0 Å². The molecule has 4 rings (SSSR count). The molecule has 1 saturated carbocycles. The highest BCUT2D eigenvalue weighted by atomic mass is 16.5. The smallest absolute Gasteiger partial charge is 0.180 e. The van der Waals surface area contributed by atoms with Crippen LogP contribution in [0.15, 0.2) is 91.5 Å². The van der Waals surface area contributed by atoms with E-state index < -0.39 is 0 Å². The molecule has 36 heavy (non-hydrogen) atoms. The molecule has 0 bridgehead atoms. The third-order valence-corrected chi connectivity index (χ3v) is 4.29. The fourth-order valence-electron chi connectivity index (χ4n) is 2.30. The molecule has 2 aromatic heterocycles. The fourth-order valence-corrected chi connectivity index (χ4v) is 2.30. The molecule has 0 saturated heterocycles. The van der Waals surface area contributed by atoms with Crippen molar-refractivity contribution in [3.63, 3.8) is 0 Å². The molecule has 1 aliphatic rings. The number of hydrogen-bond donors (Lipinski definition) is 0. The average molecular weight is 495 g/mol. The van der Waals surface area contributed by atoms with Gasteiger partial charge in [0, 0.05) is 24.5 Å². The molecule has 0 N–H and O–H groups in total. The normalized spacial score (nSPS) is 11.3. The van der Waals surface area contributed by atoms with Crippen LogP contribution >= 0.6 is 0 Å². The lowest BCUT2D eigenvalue weighted by Gasteiger charge is -2.01. The summed E-state index contributed by atoms with van der Waals surface area (Å²) in [6.45, 7) is 22.0.